The van der Waals surface area contributed by atoms with Gasteiger partial charge in [0.2, 0.25) is 0 Å². The second kappa shape index (κ2) is 10.3. The molecule has 1 aliphatic carbocycles. The van der Waals surface area contributed by atoms with Crippen molar-refractivity contribution in [2.24, 2.45) is 0 Å². The molecule has 192 valence electrons. The maximum absolute atomic E-state index is 13.7. The van der Waals surface area contributed by atoms with Crippen LogP contribution in [0.5, 0.6) is 5.75 Å². The molecule has 2 aromatic carbocycles. The maximum Gasteiger partial charge on any atom is 0.326 e. The minimum atomic E-state index is -1.31. The fourth-order valence-electron chi connectivity index (χ4n) is 5.25. The monoisotopic (exact) mass is 501 g/mol. The van der Waals surface area contributed by atoms with E-state index < -0.39 is 17.4 Å². The Hall–Kier alpha value is -3.71. The Balaban J connectivity index is 1.60. The second-order valence-corrected chi connectivity index (χ2v) is 10.3. The van der Waals surface area contributed by atoms with Gasteiger partial charge < -0.3 is 15.2 Å². The van der Waals surface area contributed by atoms with Gasteiger partial charge in [0, 0.05) is 24.2 Å². The summed E-state index contributed by atoms with van der Waals surface area (Å²) in [5, 5.41) is 15.1. The van der Waals surface area contributed by atoms with Crippen molar-refractivity contribution in [3.05, 3.63) is 95.2 Å². The van der Waals surface area contributed by atoms with Gasteiger partial charge in [-0.3, -0.25) is 9.55 Å². The summed E-state index contributed by atoms with van der Waals surface area (Å²) in [5.74, 6) is 0.239. The number of fused-ring (bicyclic) bond motifs is 1. The Morgan fingerprint density at radius 1 is 1.11 bits per heavy atom. The summed E-state index contributed by atoms with van der Waals surface area (Å²) in [6.45, 7) is 3.47. The normalized spacial score (nSPS) is 14.3. The van der Waals surface area contributed by atoms with Crippen molar-refractivity contribution in [2.75, 3.05) is 0 Å². The van der Waals surface area contributed by atoms with Gasteiger partial charge in [0.25, 0.3) is 0 Å². The zero-order valence-corrected chi connectivity index (χ0v) is 21.2. The van der Waals surface area contributed by atoms with Crippen LogP contribution in [0.15, 0.2) is 67.0 Å². The molecular formula is C30H32FN3O3. The molecule has 0 spiro atoms. The van der Waals surface area contributed by atoms with Crippen molar-refractivity contribution >= 4 is 16.9 Å². The Labute approximate surface area is 216 Å². The first-order valence-electron chi connectivity index (χ1n) is 12.8. The average molecular weight is 502 g/mol. The van der Waals surface area contributed by atoms with E-state index in [1.54, 1.807) is 18.4 Å². The first-order chi connectivity index (χ1) is 17.8. The number of aliphatic hydroxyl groups is 1. The van der Waals surface area contributed by atoms with Gasteiger partial charge in [0.05, 0.1) is 29.1 Å². The van der Waals surface area contributed by atoms with Crippen LogP contribution in [0.1, 0.15) is 61.9 Å². The van der Waals surface area contributed by atoms with Crippen molar-refractivity contribution in [3.8, 4) is 5.75 Å². The minimum absolute atomic E-state index is 0.0981. The number of pyridine rings is 1. The highest BCUT2D eigenvalue weighted by Crippen LogP contribution is 2.37. The molecule has 2 heterocycles. The third kappa shape index (κ3) is 5.52. The Kier molecular flexibility index (Phi) is 6.98. The van der Waals surface area contributed by atoms with Crippen molar-refractivity contribution in [3.63, 3.8) is 0 Å². The molecule has 1 saturated carbocycles. The van der Waals surface area contributed by atoms with E-state index in [1.807, 2.05) is 48.5 Å². The summed E-state index contributed by atoms with van der Waals surface area (Å²) in [4.78, 5) is 17.6. The quantitative estimate of drug-likeness (QED) is 0.322. The summed E-state index contributed by atoms with van der Waals surface area (Å²) in [5.41, 5.74) is 2.36. The van der Waals surface area contributed by atoms with Gasteiger partial charge in [0.15, 0.2) is 0 Å². The standard InChI is InChI=1S/C30H32FN3O3/c1-30(2,36)28-26(15-20-8-4-3-5-9-20)25-13-12-24(37-23-10-6-7-11-23)16-27(25)34(28)29(35)33-18-21-14-22(31)19-32-17-21/h3-5,8-9,12-14,16-17,19,23,36H,6-7,10-11,15,18H2,1-2H3,(H,33,35). The predicted molar refractivity (Wildman–Crippen MR) is 141 cm³/mol. The maximum atomic E-state index is 13.7. The van der Waals surface area contributed by atoms with Gasteiger partial charge in [0.1, 0.15) is 11.6 Å². The number of carbonyl (C=O) groups is 1. The van der Waals surface area contributed by atoms with Gasteiger partial charge in [-0.05, 0) is 80.8 Å². The number of rotatable bonds is 7. The van der Waals surface area contributed by atoms with Crippen LogP contribution in [0.4, 0.5) is 9.18 Å². The molecule has 2 aromatic heterocycles. The van der Waals surface area contributed by atoms with Gasteiger partial charge in [-0.15, -0.1) is 0 Å². The highest BCUT2D eigenvalue weighted by molar-refractivity contribution is 5.96. The number of benzene rings is 2. The highest BCUT2D eigenvalue weighted by atomic mass is 19.1. The number of carbonyl (C=O) groups excluding carboxylic acids is 1. The largest absolute Gasteiger partial charge is 0.490 e. The predicted octanol–water partition coefficient (Wildman–Crippen LogP) is 6.07. The molecule has 1 aliphatic rings. The molecule has 6 nitrogen and oxygen atoms in total. The van der Waals surface area contributed by atoms with Crippen LogP contribution in [-0.4, -0.2) is 26.8 Å². The summed E-state index contributed by atoms with van der Waals surface area (Å²) in [6.07, 6.45) is 7.72. The summed E-state index contributed by atoms with van der Waals surface area (Å²) >= 11 is 0. The van der Waals surface area contributed by atoms with Crippen LogP contribution in [-0.2, 0) is 18.6 Å². The van der Waals surface area contributed by atoms with Gasteiger partial charge in [-0.25, -0.2) is 9.18 Å². The number of halogens is 1. The number of ether oxygens (including phenoxy) is 1. The van der Waals surface area contributed by atoms with Crippen LogP contribution in [0.3, 0.4) is 0 Å². The van der Waals surface area contributed by atoms with Crippen LogP contribution in [0.25, 0.3) is 10.9 Å². The molecule has 0 saturated heterocycles. The van der Waals surface area contributed by atoms with Crippen molar-refractivity contribution in [2.45, 2.75) is 64.2 Å². The van der Waals surface area contributed by atoms with E-state index in [0.717, 1.165) is 48.4 Å². The SMILES string of the molecule is CC(C)(O)c1c(Cc2ccccc2)c2ccc(OC3CCCC3)cc2n1C(=O)NCc1cncc(F)c1. The van der Waals surface area contributed by atoms with Crippen molar-refractivity contribution < 1.29 is 19.0 Å². The number of nitrogens with one attached hydrogen (secondary N) is 1. The van der Waals surface area contributed by atoms with Crippen LogP contribution < -0.4 is 10.1 Å². The van der Waals surface area contributed by atoms with Crippen LogP contribution in [0, 0.1) is 5.82 Å². The van der Waals surface area contributed by atoms with Gasteiger partial charge >= 0.3 is 6.03 Å². The molecular weight excluding hydrogens is 469 g/mol. The lowest BCUT2D eigenvalue weighted by molar-refractivity contribution is 0.0708. The minimum Gasteiger partial charge on any atom is -0.490 e. The van der Waals surface area contributed by atoms with Crippen LogP contribution >= 0.6 is 0 Å². The van der Waals surface area contributed by atoms with Crippen molar-refractivity contribution in [1.82, 2.24) is 14.9 Å². The van der Waals surface area contributed by atoms with Crippen molar-refractivity contribution in [1.29, 1.82) is 0 Å². The smallest absolute Gasteiger partial charge is 0.326 e. The molecule has 1 amide bonds. The van der Waals surface area contributed by atoms with E-state index >= 15 is 0 Å². The summed E-state index contributed by atoms with van der Waals surface area (Å²) < 4.78 is 21.4. The second-order valence-electron chi connectivity index (χ2n) is 10.3. The molecule has 4 aromatic rings. The highest BCUT2D eigenvalue weighted by Gasteiger charge is 2.31. The molecule has 1 fully saturated rings. The van der Waals surface area contributed by atoms with E-state index in [4.69, 9.17) is 4.74 Å². The molecule has 0 aliphatic heterocycles. The van der Waals surface area contributed by atoms with E-state index in [1.165, 1.54) is 12.3 Å². The molecule has 5 rings (SSSR count). The fraction of sp³-hybridized carbons (Fsp3) is 0.333. The topological polar surface area (TPSA) is 76.4 Å². The van der Waals surface area contributed by atoms with E-state index in [2.05, 4.69) is 10.3 Å². The Bertz CT molecular complexity index is 1400. The average Bonchev–Trinajstić information content (AvgIpc) is 3.49. The third-order valence-corrected chi connectivity index (χ3v) is 6.86. The third-order valence-electron chi connectivity index (χ3n) is 6.86. The van der Waals surface area contributed by atoms with Crippen LogP contribution in [0.2, 0.25) is 0 Å². The lowest BCUT2D eigenvalue weighted by Crippen LogP contribution is -2.33. The van der Waals surface area contributed by atoms with E-state index in [0.29, 0.717) is 28.9 Å². The summed E-state index contributed by atoms with van der Waals surface area (Å²) in [6, 6.07) is 16.7. The van der Waals surface area contributed by atoms with E-state index in [-0.39, 0.29) is 12.6 Å². The number of aromatic nitrogens is 2. The molecule has 7 heteroatoms. The van der Waals surface area contributed by atoms with E-state index in [9.17, 15) is 14.3 Å². The number of amides is 1. The molecule has 0 radical (unpaired) electrons. The number of nitrogens with zero attached hydrogens (tertiary/aromatic N) is 2. The first-order valence-corrected chi connectivity index (χ1v) is 12.8. The lowest BCUT2D eigenvalue weighted by Gasteiger charge is -2.23. The number of hydrogen-bond acceptors (Lipinski definition) is 4. The molecule has 2 N–H and O–H groups in total. The number of hydrogen-bond donors (Lipinski definition) is 2. The van der Waals surface area contributed by atoms with Gasteiger partial charge in [-0.1, -0.05) is 30.3 Å². The Morgan fingerprint density at radius 2 is 1.86 bits per heavy atom. The molecule has 0 atom stereocenters. The summed E-state index contributed by atoms with van der Waals surface area (Å²) in [7, 11) is 0. The zero-order chi connectivity index (χ0) is 26.0. The lowest BCUT2D eigenvalue weighted by atomic mass is 9.94. The van der Waals surface area contributed by atoms with Gasteiger partial charge in [-0.2, -0.15) is 0 Å². The molecule has 0 bridgehead atoms. The molecule has 0 unspecified atom stereocenters. The zero-order valence-electron chi connectivity index (χ0n) is 21.2. The fourth-order valence-corrected chi connectivity index (χ4v) is 5.25. The Morgan fingerprint density at radius 3 is 2.57 bits per heavy atom. The molecule has 37 heavy (non-hydrogen) atoms. The first kappa shape index (κ1) is 25.0.